The zero-order chi connectivity index (χ0) is 20.7. The van der Waals surface area contributed by atoms with Gasteiger partial charge in [-0.25, -0.2) is 13.1 Å². The third-order valence-corrected chi connectivity index (χ3v) is 4.44. The molecule has 1 N–H and O–H groups in total. The van der Waals surface area contributed by atoms with Crippen LogP contribution >= 0.6 is 0 Å². The maximum atomic E-state index is 12.7. The summed E-state index contributed by atoms with van der Waals surface area (Å²) in [6, 6.07) is 10.9. The number of nitrogens with zero attached hydrogens (tertiary/aromatic N) is 1. The van der Waals surface area contributed by atoms with E-state index in [4.69, 9.17) is 0 Å². The summed E-state index contributed by atoms with van der Waals surface area (Å²) in [6.45, 7) is 0. The van der Waals surface area contributed by atoms with Crippen molar-refractivity contribution in [3.05, 3.63) is 76.1 Å². The molecule has 0 aliphatic carbocycles. The Balaban J connectivity index is 2.10. The number of fused-ring (bicyclic) bond motifs is 1. The molecule has 1 heterocycles. The minimum Gasteiger partial charge on any atom is -0.277 e. The van der Waals surface area contributed by atoms with Crippen LogP contribution in [0.25, 0.3) is 16.6 Å². The van der Waals surface area contributed by atoms with E-state index < -0.39 is 33.2 Å². The molecule has 6 nitrogen and oxygen atoms in total. The first-order chi connectivity index (χ1) is 13.0. The number of pyridine rings is 1. The maximum absolute atomic E-state index is 12.7. The Morgan fingerprint density at radius 3 is 2.21 bits per heavy atom. The summed E-state index contributed by atoms with van der Waals surface area (Å²) < 4.78 is 63.7. The number of carbonyl (C=O) groups is 1. The van der Waals surface area contributed by atoms with Crippen molar-refractivity contribution in [3.8, 4) is 5.69 Å². The largest absolute Gasteiger partial charge is 0.416 e. The van der Waals surface area contributed by atoms with Crippen LogP contribution < -0.4 is 10.3 Å². The third-order valence-electron chi connectivity index (χ3n) is 3.89. The molecule has 0 aliphatic heterocycles. The van der Waals surface area contributed by atoms with E-state index in [2.05, 4.69) is 0 Å². The smallest absolute Gasteiger partial charge is 0.277 e. The van der Waals surface area contributed by atoms with E-state index in [0.717, 1.165) is 18.4 Å². The third kappa shape index (κ3) is 4.06. The number of aromatic nitrogens is 1. The molecule has 1 aromatic heterocycles. The van der Waals surface area contributed by atoms with Gasteiger partial charge in [-0.3, -0.25) is 14.2 Å². The van der Waals surface area contributed by atoms with Gasteiger partial charge in [-0.1, -0.05) is 0 Å². The van der Waals surface area contributed by atoms with Crippen molar-refractivity contribution in [1.82, 2.24) is 9.29 Å². The van der Waals surface area contributed by atoms with Gasteiger partial charge in [0, 0.05) is 17.3 Å². The van der Waals surface area contributed by atoms with Gasteiger partial charge in [0.15, 0.2) is 0 Å². The summed E-state index contributed by atoms with van der Waals surface area (Å²) in [7, 11) is -3.75. The van der Waals surface area contributed by atoms with E-state index in [1.54, 1.807) is 0 Å². The quantitative estimate of drug-likeness (QED) is 0.720. The molecule has 10 heteroatoms. The van der Waals surface area contributed by atoms with Crippen LogP contribution in [0, 0.1) is 0 Å². The molecule has 0 saturated heterocycles. The average Bonchev–Trinajstić information content (AvgIpc) is 2.59. The zero-order valence-corrected chi connectivity index (χ0v) is 15.1. The van der Waals surface area contributed by atoms with E-state index >= 15 is 0 Å². The van der Waals surface area contributed by atoms with Crippen molar-refractivity contribution in [2.75, 3.05) is 6.26 Å². The number of rotatable bonds is 3. The highest BCUT2D eigenvalue weighted by Crippen LogP contribution is 2.30. The van der Waals surface area contributed by atoms with E-state index in [0.29, 0.717) is 10.9 Å². The summed E-state index contributed by atoms with van der Waals surface area (Å²) in [4.78, 5) is 24.3. The molecule has 146 valence electrons. The number of alkyl halides is 3. The summed E-state index contributed by atoms with van der Waals surface area (Å²) in [5.74, 6) is -0.836. The molecule has 0 fully saturated rings. The van der Waals surface area contributed by atoms with Gasteiger partial charge in [0.1, 0.15) is 0 Å². The number of carbonyl (C=O) groups excluding carboxylic acids is 1. The molecule has 0 spiro atoms. The Labute approximate surface area is 157 Å². The van der Waals surface area contributed by atoms with E-state index in [1.165, 1.54) is 47.0 Å². The molecule has 0 saturated carbocycles. The Hall–Kier alpha value is -3.14. The van der Waals surface area contributed by atoms with Crippen LogP contribution in [0.1, 0.15) is 15.9 Å². The van der Waals surface area contributed by atoms with Gasteiger partial charge in [0.2, 0.25) is 10.0 Å². The van der Waals surface area contributed by atoms with Crippen LogP contribution in [0.4, 0.5) is 13.2 Å². The Morgan fingerprint density at radius 2 is 1.64 bits per heavy atom. The summed E-state index contributed by atoms with van der Waals surface area (Å²) in [5, 5.41) is 0.431. The van der Waals surface area contributed by atoms with Crippen LogP contribution in [-0.4, -0.2) is 25.1 Å². The Bertz CT molecular complexity index is 1230. The molecule has 0 radical (unpaired) electrons. The fourth-order valence-electron chi connectivity index (χ4n) is 2.68. The van der Waals surface area contributed by atoms with Gasteiger partial charge in [-0.2, -0.15) is 13.2 Å². The molecular weight excluding hydrogens is 397 g/mol. The van der Waals surface area contributed by atoms with Gasteiger partial charge < -0.3 is 0 Å². The number of hydrogen-bond acceptors (Lipinski definition) is 4. The van der Waals surface area contributed by atoms with Crippen LogP contribution in [-0.2, 0) is 16.2 Å². The van der Waals surface area contributed by atoms with Crippen LogP contribution in [0.2, 0.25) is 0 Å². The Morgan fingerprint density at radius 1 is 1.00 bits per heavy atom. The SMILES string of the molecule is CS(=O)(=O)NC(=O)c1ccc2c(ccc(=O)n2-c2ccc(C(F)(F)F)cc2)c1. The molecule has 0 unspecified atom stereocenters. The lowest BCUT2D eigenvalue weighted by atomic mass is 10.1. The molecule has 28 heavy (non-hydrogen) atoms. The lowest BCUT2D eigenvalue weighted by molar-refractivity contribution is -0.137. The second-order valence-corrected chi connectivity index (χ2v) is 7.78. The van der Waals surface area contributed by atoms with E-state index in [9.17, 15) is 31.2 Å². The molecule has 3 rings (SSSR count). The summed E-state index contributed by atoms with van der Waals surface area (Å²) in [5.41, 5.74) is -0.694. The Kier molecular flexibility index (Phi) is 4.76. The number of hydrogen-bond donors (Lipinski definition) is 1. The van der Waals surface area contributed by atoms with Crippen LogP contribution in [0.15, 0.2) is 59.4 Å². The van der Waals surface area contributed by atoms with Crippen molar-refractivity contribution >= 4 is 26.8 Å². The monoisotopic (exact) mass is 410 g/mol. The number of nitrogens with one attached hydrogen (secondary N) is 1. The van der Waals surface area contributed by atoms with Crippen molar-refractivity contribution in [3.63, 3.8) is 0 Å². The van der Waals surface area contributed by atoms with Crippen molar-refractivity contribution in [1.29, 1.82) is 0 Å². The highest BCUT2D eigenvalue weighted by Gasteiger charge is 2.30. The topological polar surface area (TPSA) is 85.2 Å². The second-order valence-electron chi connectivity index (χ2n) is 6.03. The number of amides is 1. The van der Waals surface area contributed by atoms with Gasteiger partial charge >= 0.3 is 6.18 Å². The first kappa shape index (κ1) is 19.6. The molecule has 1 amide bonds. The number of halogens is 3. The lowest BCUT2D eigenvalue weighted by Gasteiger charge is -2.13. The molecule has 0 atom stereocenters. The van der Waals surface area contributed by atoms with E-state index in [-0.39, 0.29) is 11.3 Å². The van der Waals surface area contributed by atoms with Crippen molar-refractivity contribution < 1.29 is 26.4 Å². The normalized spacial score (nSPS) is 12.1. The maximum Gasteiger partial charge on any atom is 0.416 e. The van der Waals surface area contributed by atoms with Crippen LogP contribution in [0.5, 0.6) is 0 Å². The first-order valence-electron chi connectivity index (χ1n) is 7.81. The minimum absolute atomic E-state index is 0.0514. The first-order valence-corrected chi connectivity index (χ1v) is 9.70. The minimum atomic E-state index is -4.50. The van der Waals surface area contributed by atoms with E-state index in [1.807, 2.05) is 4.72 Å². The highest BCUT2D eigenvalue weighted by atomic mass is 32.2. The summed E-state index contributed by atoms with van der Waals surface area (Å²) in [6.07, 6.45) is -3.65. The van der Waals surface area contributed by atoms with Crippen LogP contribution in [0.3, 0.4) is 0 Å². The van der Waals surface area contributed by atoms with Gasteiger partial charge in [-0.05, 0) is 53.9 Å². The fraction of sp³-hybridized carbons (Fsp3) is 0.111. The molecular formula is C18H13F3N2O4S. The van der Waals surface area contributed by atoms with Gasteiger partial charge in [0.25, 0.3) is 11.5 Å². The van der Waals surface area contributed by atoms with Crippen molar-refractivity contribution in [2.24, 2.45) is 0 Å². The predicted octanol–water partition coefficient (Wildman–Crippen LogP) is 2.70. The standard InChI is InChI=1S/C18H13F3N2O4S/c1-28(26,27)22-17(25)12-2-8-15-11(10-12)3-9-16(24)23(15)14-6-4-13(5-7-14)18(19,20)21/h2-10H,1H3,(H,22,25). The zero-order valence-electron chi connectivity index (χ0n) is 14.3. The molecule has 0 bridgehead atoms. The highest BCUT2D eigenvalue weighted by molar-refractivity contribution is 7.89. The predicted molar refractivity (Wildman–Crippen MR) is 96.9 cm³/mol. The average molecular weight is 410 g/mol. The lowest BCUT2D eigenvalue weighted by Crippen LogP contribution is -2.29. The summed E-state index contributed by atoms with van der Waals surface area (Å²) >= 11 is 0. The van der Waals surface area contributed by atoms with Gasteiger partial charge in [0.05, 0.1) is 17.3 Å². The molecule has 3 aromatic rings. The molecule has 0 aliphatic rings. The fourth-order valence-corrected chi connectivity index (χ4v) is 3.13. The number of benzene rings is 2. The van der Waals surface area contributed by atoms with Crippen molar-refractivity contribution in [2.45, 2.75) is 6.18 Å². The number of sulfonamides is 1. The molecule has 2 aromatic carbocycles. The second kappa shape index (κ2) is 6.79. The van der Waals surface area contributed by atoms with Gasteiger partial charge in [-0.15, -0.1) is 0 Å².